The number of nitrogens with one attached hydrogen (secondary N) is 4. The first-order valence-corrected chi connectivity index (χ1v) is 12.9. The molecule has 1 atom stereocenters. The summed E-state index contributed by atoms with van der Waals surface area (Å²) in [5.74, 6) is 0.185. The Balaban J connectivity index is 1.63. The average molecular weight is 500 g/mol. The van der Waals surface area contributed by atoms with Crippen LogP contribution in [-0.2, 0) is 11.3 Å². The zero-order valence-electron chi connectivity index (χ0n) is 20.8. The van der Waals surface area contributed by atoms with E-state index >= 15 is 0 Å². The maximum absolute atomic E-state index is 13.1. The molecule has 3 rings (SSSR count). The normalized spacial score (nSPS) is 18.7. The van der Waals surface area contributed by atoms with Crippen molar-refractivity contribution in [1.82, 2.24) is 20.6 Å². The van der Waals surface area contributed by atoms with Crippen molar-refractivity contribution in [3.8, 4) is 0 Å². The first-order valence-electron chi connectivity index (χ1n) is 12.9. The van der Waals surface area contributed by atoms with E-state index in [4.69, 9.17) is 5.73 Å². The number of amides is 2. The summed E-state index contributed by atoms with van der Waals surface area (Å²) in [6.07, 6.45) is 10.1. The third kappa shape index (κ3) is 9.41. The molecule has 10 heteroatoms. The molecule has 2 aromatic rings. The van der Waals surface area contributed by atoms with E-state index in [9.17, 15) is 14.0 Å². The molecule has 1 aliphatic rings. The summed E-state index contributed by atoms with van der Waals surface area (Å²) in [4.78, 5) is 33.9. The zero-order valence-corrected chi connectivity index (χ0v) is 20.8. The van der Waals surface area contributed by atoms with Gasteiger partial charge in [-0.05, 0) is 49.8 Å². The molecule has 0 fully saturated rings. The highest BCUT2D eigenvalue weighted by atomic mass is 19.1. The molecule has 0 radical (unpaired) electrons. The second-order valence-electron chi connectivity index (χ2n) is 9.13. The molecule has 2 amide bonds. The van der Waals surface area contributed by atoms with Gasteiger partial charge in [-0.25, -0.2) is 9.37 Å². The molecular weight excluding hydrogens is 461 g/mol. The lowest BCUT2D eigenvalue weighted by atomic mass is 10.1. The van der Waals surface area contributed by atoms with Gasteiger partial charge in [0.15, 0.2) is 0 Å². The second-order valence-corrected chi connectivity index (χ2v) is 9.13. The maximum atomic E-state index is 13.1. The number of aromatic nitrogens is 2. The van der Waals surface area contributed by atoms with Crippen molar-refractivity contribution in [2.45, 2.75) is 70.4 Å². The number of benzene rings is 1. The Morgan fingerprint density at radius 2 is 1.58 bits per heavy atom. The van der Waals surface area contributed by atoms with Crippen LogP contribution < -0.4 is 27.0 Å². The van der Waals surface area contributed by atoms with Crippen LogP contribution in [0.15, 0.2) is 30.5 Å². The molecule has 0 saturated carbocycles. The lowest BCUT2D eigenvalue weighted by molar-refractivity contribution is -0.122. The first-order chi connectivity index (χ1) is 17.5. The molecule has 9 nitrogen and oxygen atoms in total. The molecule has 1 aliphatic heterocycles. The van der Waals surface area contributed by atoms with E-state index in [2.05, 4.69) is 31.2 Å². The van der Waals surface area contributed by atoms with Crippen LogP contribution in [-0.4, -0.2) is 47.5 Å². The van der Waals surface area contributed by atoms with Crippen LogP contribution in [0, 0.1) is 5.82 Å². The highest BCUT2D eigenvalue weighted by molar-refractivity contribution is 5.98. The molecule has 2 heterocycles. The minimum atomic E-state index is -0.516. The van der Waals surface area contributed by atoms with E-state index in [1.165, 1.54) is 18.3 Å². The molecule has 196 valence electrons. The van der Waals surface area contributed by atoms with Gasteiger partial charge in [0.05, 0.1) is 6.04 Å². The third-order valence-corrected chi connectivity index (χ3v) is 6.16. The van der Waals surface area contributed by atoms with Crippen LogP contribution in [0.2, 0.25) is 0 Å². The van der Waals surface area contributed by atoms with Crippen LogP contribution in [0.5, 0.6) is 0 Å². The Labute approximate surface area is 212 Å². The van der Waals surface area contributed by atoms with Gasteiger partial charge in [0, 0.05) is 32.4 Å². The number of rotatable bonds is 3. The van der Waals surface area contributed by atoms with Crippen LogP contribution in [0.3, 0.4) is 0 Å². The van der Waals surface area contributed by atoms with Gasteiger partial charge in [0.25, 0.3) is 5.91 Å². The Kier molecular flexibility index (Phi) is 11.4. The van der Waals surface area contributed by atoms with Crippen molar-refractivity contribution < 1.29 is 14.0 Å². The number of halogens is 1. The van der Waals surface area contributed by atoms with Crippen LogP contribution in [0.1, 0.15) is 73.7 Å². The Bertz CT molecular complexity index is 971. The summed E-state index contributed by atoms with van der Waals surface area (Å²) >= 11 is 0. The molecule has 36 heavy (non-hydrogen) atoms. The monoisotopic (exact) mass is 499 g/mol. The smallest absolute Gasteiger partial charge is 0.256 e. The Morgan fingerprint density at radius 3 is 2.33 bits per heavy atom. The summed E-state index contributed by atoms with van der Waals surface area (Å²) in [6.45, 7) is 2.26. The Hall–Kier alpha value is -3.27. The predicted octanol–water partition coefficient (Wildman–Crippen LogP) is 3.34. The van der Waals surface area contributed by atoms with E-state index in [1.54, 1.807) is 12.1 Å². The van der Waals surface area contributed by atoms with Gasteiger partial charge in [0.2, 0.25) is 11.9 Å². The number of nitrogens with two attached hydrogens (primary N) is 1. The third-order valence-electron chi connectivity index (χ3n) is 6.16. The second kappa shape index (κ2) is 15.0. The maximum Gasteiger partial charge on any atom is 0.256 e. The van der Waals surface area contributed by atoms with Gasteiger partial charge < -0.3 is 27.0 Å². The molecule has 1 aromatic carbocycles. The van der Waals surface area contributed by atoms with E-state index in [0.717, 1.165) is 63.5 Å². The predicted molar refractivity (Wildman–Crippen MR) is 139 cm³/mol. The zero-order chi connectivity index (χ0) is 25.6. The quantitative estimate of drug-likeness (QED) is 0.437. The fourth-order valence-electron chi connectivity index (χ4n) is 3.97. The SMILES string of the molecule is NC1CCCCNc2nc(ncc2C(=O)NCc2ccc(F)cc2)NCCCCCCCCNC1=O. The molecule has 1 aromatic heterocycles. The topological polar surface area (TPSA) is 134 Å². The number of fused-ring (bicyclic) bond motifs is 2. The van der Waals surface area contributed by atoms with E-state index in [1.807, 2.05) is 0 Å². The molecule has 0 aliphatic carbocycles. The highest BCUT2D eigenvalue weighted by Crippen LogP contribution is 2.16. The molecule has 1 unspecified atom stereocenters. The molecule has 6 N–H and O–H groups in total. The number of nitrogens with zero attached hydrogens (tertiary/aromatic N) is 2. The summed E-state index contributed by atoms with van der Waals surface area (Å²) < 4.78 is 13.1. The highest BCUT2D eigenvalue weighted by Gasteiger charge is 2.16. The number of hydrogen-bond donors (Lipinski definition) is 5. The van der Waals surface area contributed by atoms with Gasteiger partial charge in [-0.1, -0.05) is 37.8 Å². The number of carbonyl (C=O) groups is 2. The average Bonchev–Trinajstić information content (AvgIpc) is 2.88. The van der Waals surface area contributed by atoms with Gasteiger partial charge in [0.1, 0.15) is 17.2 Å². The molecule has 2 bridgehead atoms. The minimum absolute atomic E-state index is 0.0935. The van der Waals surface area contributed by atoms with Crippen molar-refractivity contribution in [2.24, 2.45) is 5.73 Å². The fourth-order valence-corrected chi connectivity index (χ4v) is 3.97. The van der Waals surface area contributed by atoms with Gasteiger partial charge >= 0.3 is 0 Å². The standard InChI is InChI=1S/C26H38FN7O2/c27-20-12-10-19(11-13-20)17-32-24(35)21-18-33-26-31-16-7-4-2-1-3-6-15-30-25(36)22(28)9-5-8-14-29-23(21)34-26/h10-13,18,22H,1-9,14-17,28H2,(H,30,36)(H,32,35)(H2,29,31,33,34). The largest absolute Gasteiger partial charge is 0.369 e. The van der Waals surface area contributed by atoms with E-state index < -0.39 is 6.04 Å². The van der Waals surface area contributed by atoms with Crippen molar-refractivity contribution >= 4 is 23.6 Å². The number of anilines is 2. The fraction of sp³-hybridized carbons (Fsp3) is 0.538. The van der Waals surface area contributed by atoms with Crippen molar-refractivity contribution in [2.75, 3.05) is 30.3 Å². The van der Waals surface area contributed by atoms with Crippen LogP contribution in [0.4, 0.5) is 16.2 Å². The van der Waals surface area contributed by atoms with E-state index in [-0.39, 0.29) is 24.2 Å². The number of hydrogen-bond acceptors (Lipinski definition) is 7. The minimum Gasteiger partial charge on any atom is -0.369 e. The lowest BCUT2D eigenvalue weighted by Gasteiger charge is -2.15. The number of carbonyl (C=O) groups excluding carboxylic acids is 2. The summed E-state index contributed by atoms with van der Waals surface area (Å²) in [5, 5.41) is 12.3. The molecule has 0 saturated heterocycles. The van der Waals surface area contributed by atoms with Gasteiger partial charge in [-0.3, -0.25) is 9.59 Å². The first kappa shape index (κ1) is 27.3. The lowest BCUT2D eigenvalue weighted by Crippen LogP contribution is -2.40. The van der Waals surface area contributed by atoms with Gasteiger partial charge in [-0.15, -0.1) is 0 Å². The van der Waals surface area contributed by atoms with Crippen molar-refractivity contribution in [1.29, 1.82) is 0 Å². The van der Waals surface area contributed by atoms with Crippen molar-refractivity contribution in [3.05, 3.63) is 47.4 Å². The van der Waals surface area contributed by atoms with Gasteiger partial charge in [-0.2, -0.15) is 4.98 Å². The summed E-state index contributed by atoms with van der Waals surface area (Å²) in [5.41, 5.74) is 7.16. The molecular formula is C26H38FN7O2. The molecule has 0 spiro atoms. The summed E-state index contributed by atoms with van der Waals surface area (Å²) in [7, 11) is 0. The van der Waals surface area contributed by atoms with Crippen LogP contribution in [0.25, 0.3) is 0 Å². The Morgan fingerprint density at radius 1 is 0.944 bits per heavy atom. The summed E-state index contributed by atoms with van der Waals surface area (Å²) in [6, 6.07) is 5.47. The van der Waals surface area contributed by atoms with E-state index in [0.29, 0.717) is 36.8 Å². The van der Waals surface area contributed by atoms with Crippen molar-refractivity contribution in [3.63, 3.8) is 0 Å². The van der Waals surface area contributed by atoms with Crippen LogP contribution >= 0.6 is 0 Å².